The Morgan fingerprint density at radius 3 is 2.16 bits per heavy atom. The summed E-state index contributed by atoms with van der Waals surface area (Å²) >= 11 is 6.59. The van der Waals surface area contributed by atoms with Crippen molar-refractivity contribution in [2.24, 2.45) is 0 Å². The highest BCUT2D eigenvalue weighted by atomic mass is 35.5. The van der Waals surface area contributed by atoms with Crippen molar-refractivity contribution in [3.8, 4) is 11.5 Å². The lowest BCUT2D eigenvalue weighted by Gasteiger charge is -2.24. The second-order valence-electron chi connectivity index (χ2n) is 8.75. The van der Waals surface area contributed by atoms with Gasteiger partial charge in [0.25, 0.3) is 0 Å². The molecular formula is C30H24ClNO5. The van der Waals surface area contributed by atoms with E-state index in [-0.39, 0.29) is 11.4 Å². The topological polar surface area (TPSA) is 70.8 Å². The van der Waals surface area contributed by atoms with E-state index in [4.69, 9.17) is 25.8 Å². The highest BCUT2D eigenvalue weighted by Gasteiger charge is 2.30. The van der Waals surface area contributed by atoms with Gasteiger partial charge in [0.2, 0.25) is 5.75 Å². The summed E-state index contributed by atoms with van der Waals surface area (Å²) in [6.45, 7) is 2.53. The molecule has 1 aliphatic rings. The molecule has 0 aromatic heterocycles. The molecule has 0 saturated carbocycles. The zero-order chi connectivity index (χ0) is 25.8. The van der Waals surface area contributed by atoms with Crippen LogP contribution in [0, 0.1) is 17.0 Å². The number of hydrogen-bond donors (Lipinski definition) is 0. The van der Waals surface area contributed by atoms with Gasteiger partial charge in [-0.3, -0.25) is 10.1 Å². The van der Waals surface area contributed by atoms with Crippen LogP contribution >= 0.6 is 11.6 Å². The Morgan fingerprint density at radius 2 is 1.54 bits per heavy atom. The van der Waals surface area contributed by atoms with E-state index in [1.807, 2.05) is 79.7 Å². The molecule has 186 valence electrons. The standard InChI is InChI=1S/C30H24ClNO5/c1-20-14-24-17-28(36-19-22-10-6-3-7-11-22)30(37-29(24)26(15-20)32(33)34)23-12-13-27(25(31)16-23)35-18-21-8-4-2-5-9-21/h2-16H,17-19H2,1H3. The SMILES string of the molecule is Cc1cc2c(c([N+](=O)[O-])c1)OC(c1ccc(OCc3ccccc3)c(Cl)c1)=C(OCc1ccccc1)C2. The Labute approximate surface area is 219 Å². The zero-order valence-corrected chi connectivity index (χ0v) is 20.9. The minimum atomic E-state index is -0.424. The van der Waals surface area contributed by atoms with Crippen molar-refractivity contribution < 1.29 is 19.1 Å². The monoisotopic (exact) mass is 513 g/mol. The molecule has 0 unspecified atom stereocenters. The summed E-state index contributed by atoms with van der Waals surface area (Å²) in [4.78, 5) is 11.4. The number of rotatable bonds is 8. The van der Waals surface area contributed by atoms with Crippen molar-refractivity contribution in [2.75, 3.05) is 0 Å². The van der Waals surface area contributed by atoms with E-state index >= 15 is 0 Å². The minimum Gasteiger partial charge on any atom is -0.489 e. The van der Waals surface area contributed by atoms with Crippen LogP contribution in [-0.2, 0) is 24.4 Å². The molecule has 1 heterocycles. The van der Waals surface area contributed by atoms with E-state index in [0.29, 0.717) is 53.1 Å². The summed E-state index contributed by atoms with van der Waals surface area (Å²) in [7, 11) is 0. The normalized spacial score (nSPS) is 12.5. The minimum absolute atomic E-state index is 0.0801. The summed E-state index contributed by atoms with van der Waals surface area (Å²) < 4.78 is 18.3. The van der Waals surface area contributed by atoms with Gasteiger partial charge >= 0.3 is 5.69 Å². The number of nitro benzene ring substituents is 1. The number of fused-ring (bicyclic) bond motifs is 1. The summed E-state index contributed by atoms with van der Waals surface area (Å²) in [5.41, 5.74) is 4.06. The van der Waals surface area contributed by atoms with E-state index < -0.39 is 4.92 Å². The van der Waals surface area contributed by atoms with Gasteiger partial charge in [-0.2, -0.15) is 0 Å². The fourth-order valence-corrected chi connectivity index (χ4v) is 4.44. The number of nitro groups is 1. The average Bonchev–Trinajstić information content (AvgIpc) is 2.91. The first-order chi connectivity index (χ1) is 18.0. The van der Waals surface area contributed by atoms with Gasteiger partial charge in [0.15, 0.2) is 5.76 Å². The lowest BCUT2D eigenvalue weighted by Crippen LogP contribution is -2.14. The largest absolute Gasteiger partial charge is 0.489 e. The average molecular weight is 514 g/mol. The van der Waals surface area contributed by atoms with Crippen molar-refractivity contribution in [1.29, 1.82) is 0 Å². The number of halogens is 1. The molecule has 0 N–H and O–H groups in total. The Bertz CT molecular complexity index is 1470. The van der Waals surface area contributed by atoms with Gasteiger partial charge in [-0.1, -0.05) is 78.3 Å². The summed E-state index contributed by atoms with van der Waals surface area (Å²) in [5, 5.41) is 12.2. The third kappa shape index (κ3) is 5.60. The van der Waals surface area contributed by atoms with Crippen molar-refractivity contribution in [3.63, 3.8) is 0 Å². The van der Waals surface area contributed by atoms with Crippen LogP contribution in [0.2, 0.25) is 5.02 Å². The highest BCUT2D eigenvalue weighted by Crippen LogP contribution is 2.43. The van der Waals surface area contributed by atoms with Gasteiger partial charge in [-0.15, -0.1) is 0 Å². The number of aryl methyl sites for hydroxylation is 1. The summed E-state index contributed by atoms with van der Waals surface area (Å²) in [6.07, 6.45) is 0.351. The maximum absolute atomic E-state index is 11.8. The summed E-state index contributed by atoms with van der Waals surface area (Å²) in [5.74, 6) is 1.72. The van der Waals surface area contributed by atoms with Gasteiger partial charge < -0.3 is 14.2 Å². The predicted molar refractivity (Wildman–Crippen MR) is 143 cm³/mol. The molecule has 4 aromatic carbocycles. The lowest BCUT2D eigenvalue weighted by molar-refractivity contribution is -0.385. The maximum Gasteiger partial charge on any atom is 0.312 e. The van der Waals surface area contributed by atoms with Gasteiger partial charge in [0, 0.05) is 23.6 Å². The Kier molecular flexibility index (Phi) is 7.10. The van der Waals surface area contributed by atoms with E-state index in [2.05, 4.69) is 0 Å². The number of nitrogens with zero attached hydrogens (tertiary/aromatic N) is 1. The van der Waals surface area contributed by atoms with Crippen LogP contribution in [0.25, 0.3) is 5.76 Å². The smallest absolute Gasteiger partial charge is 0.312 e. The fourth-order valence-electron chi connectivity index (χ4n) is 4.20. The summed E-state index contributed by atoms with van der Waals surface area (Å²) in [6, 6.07) is 28.3. The first-order valence-electron chi connectivity index (χ1n) is 11.8. The van der Waals surface area contributed by atoms with Gasteiger partial charge in [-0.25, -0.2) is 0 Å². The molecule has 0 spiro atoms. The predicted octanol–water partition coefficient (Wildman–Crippen LogP) is 7.66. The van der Waals surface area contributed by atoms with Crippen LogP contribution < -0.4 is 9.47 Å². The Hall–Kier alpha value is -4.29. The number of allylic oxidation sites excluding steroid dienone is 1. The number of hydrogen-bond acceptors (Lipinski definition) is 5. The second kappa shape index (κ2) is 10.8. The molecule has 4 aromatic rings. The lowest BCUT2D eigenvalue weighted by atomic mass is 10.00. The molecule has 0 atom stereocenters. The maximum atomic E-state index is 11.8. The molecule has 0 saturated heterocycles. The molecule has 1 aliphatic heterocycles. The van der Waals surface area contributed by atoms with Crippen LogP contribution in [0.3, 0.4) is 0 Å². The highest BCUT2D eigenvalue weighted by molar-refractivity contribution is 6.32. The van der Waals surface area contributed by atoms with Crippen molar-refractivity contribution >= 4 is 23.0 Å². The van der Waals surface area contributed by atoms with Crippen LogP contribution in [0.4, 0.5) is 5.69 Å². The van der Waals surface area contributed by atoms with Gasteiger partial charge in [-0.05, 0) is 41.8 Å². The van der Waals surface area contributed by atoms with Crippen molar-refractivity contribution in [1.82, 2.24) is 0 Å². The van der Waals surface area contributed by atoms with Crippen LogP contribution in [0.1, 0.15) is 27.8 Å². The molecule has 0 amide bonds. The molecule has 7 heteroatoms. The van der Waals surface area contributed by atoms with Gasteiger partial charge in [0.05, 0.1) is 9.95 Å². The fraction of sp³-hybridized carbons (Fsp3) is 0.133. The Morgan fingerprint density at radius 1 is 0.892 bits per heavy atom. The Balaban J connectivity index is 1.48. The molecule has 37 heavy (non-hydrogen) atoms. The van der Waals surface area contributed by atoms with Crippen LogP contribution in [0.5, 0.6) is 11.5 Å². The van der Waals surface area contributed by atoms with Crippen LogP contribution in [-0.4, -0.2) is 4.92 Å². The quantitative estimate of drug-likeness (QED) is 0.179. The van der Waals surface area contributed by atoms with Crippen LogP contribution in [0.15, 0.2) is 96.8 Å². The molecule has 5 rings (SSSR count). The second-order valence-corrected chi connectivity index (χ2v) is 9.16. The van der Waals surface area contributed by atoms with E-state index in [0.717, 1.165) is 16.7 Å². The molecular weight excluding hydrogens is 490 g/mol. The van der Waals surface area contributed by atoms with E-state index in [1.165, 1.54) is 6.07 Å². The first-order valence-corrected chi connectivity index (χ1v) is 12.2. The van der Waals surface area contributed by atoms with Crippen molar-refractivity contribution in [2.45, 2.75) is 26.6 Å². The number of ether oxygens (including phenoxy) is 3. The van der Waals surface area contributed by atoms with Crippen molar-refractivity contribution in [3.05, 3.63) is 140 Å². The third-order valence-corrected chi connectivity index (χ3v) is 6.28. The molecule has 6 nitrogen and oxygen atoms in total. The van der Waals surface area contributed by atoms with E-state index in [1.54, 1.807) is 12.1 Å². The van der Waals surface area contributed by atoms with E-state index in [9.17, 15) is 10.1 Å². The molecule has 0 aliphatic carbocycles. The first kappa shape index (κ1) is 24.4. The molecule has 0 fully saturated rings. The molecule has 0 radical (unpaired) electrons. The van der Waals surface area contributed by atoms with Gasteiger partial charge in [0.1, 0.15) is 24.7 Å². The zero-order valence-electron chi connectivity index (χ0n) is 20.1. The number of benzene rings is 4. The third-order valence-electron chi connectivity index (χ3n) is 5.98. The molecule has 0 bridgehead atoms.